The molecule has 0 atom stereocenters. The maximum Gasteiger partial charge on any atom is -0.0104 e. The standard InChI is InChI=1S/C15H14/c1-12-7-3-4-8-14-9-5-6-10-15(14)13(2)11-12/h3,5-11H,1-2H3/b12-7-,13-11+. The van der Waals surface area contributed by atoms with Gasteiger partial charge in [0.25, 0.3) is 0 Å². The van der Waals surface area contributed by atoms with Crippen molar-refractivity contribution in [2.45, 2.75) is 13.8 Å². The van der Waals surface area contributed by atoms with Crippen LogP contribution in [0.15, 0.2) is 53.8 Å². The maximum absolute atomic E-state index is 3.17. The zero-order chi connectivity index (χ0) is 10.7. The monoisotopic (exact) mass is 194 g/mol. The molecule has 0 fully saturated rings. The van der Waals surface area contributed by atoms with Crippen LogP contribution in [0.5, 0.6) is 0 Å². The lowest BCUT2D eigenvalue weighted by molar-refractivity contribution is 1.48. The molecule has 0 heterocycles. The number of hydrogen-bond donors (Lipinski definition) is 0. The van der Waals surface area contributed by atoms with Gasteiger partial charge in [-0.05, 0) is 42.7 Å². The van der Waals surface area contributed by atoms with E-state index in [1.54, 1.807) is 0 Å². The summed E-state index contributed by atoms with van der Waals surface area (Å²) >= 11 is 0. The third-order valence-electron chi connectivity index (χ3n) is 2.51. The first-order valence-corrected chi connectivity index (χ1v) is 5.14. The van der Waals surface area contributed by atoms with Crippen molar-refractivity contribution >= 4 is 11.6 Å². The second-order valence-corrected chi connectivity index (χ2v) is 3.80. The van der Waals surface area contributed by atoms with Crippen LogP contribution in [0.25, 0.3) is 11.6 Å². The van der Waals surface area contributed by atoms with Gasteiger partial charge < -0.3 is 0 Å². The molecule has 0 aromatic heterocycles. The first-order valence-electron chi connectivity index (χ1n) is 5.14. The van der Waals surface area contributed by atoms with E-state index in [0.717, 1.165) is 0 Å². The minimum absolute atomic E-state index is 1.23. The molecule has 1 aliphatic rings. The van der Waals surface area contributed by atoms with E-state index >= 15 is 0 Å². The molecule has 15 heavy (non-hydrogen) atoms. The lowest BCUT2D eigenvalue weighted by atomic mass is 9.99. The second kappa shape index (κ2) is 4.16. The van der Waals surface area contributed by atoms with E-state index in [-0.39, 0.29) is 0 Å². The van der Waals surface area contributed by atoms with E-state index in [4.69, 9.17) is 0 Å². The van der Waals surface area contributed by atoms with Crippen molar-refractivity contribution in [1.29, 1.82) is 0 Å². The van der Waals surface area contributed by atoms with Gasteiger partial charge in [0.15, 0.2) is 0 Å². The Balaban J connectivity index is 2.66. The summed E-state index contributed by atoms with van der Waals surface area (Å²) in [5.41, 5.74) is 8.24. The fourth-order valence-corrected chi connectivity index (χ4v) is 1.77. The van der Waals surface area contributed by atoms with Gasteiger partial charge in [-0.15, -0.1) is 5.73 Å². The molecule has 0 bridgehead atoms. The Hall–Kier alpha value is -1.78. The quantitative estimate of drug-likeness (QED) is 0.542. The van der Waals surface area contributed by atoms with Gasteiger partial charge in [0.05, 0.1) is 0 Å². The lowest BCUT2D eigenvalue weighted by Crippen LogP contribution is -1.84. The summed E-state index contributed by atoms with van der Waals surface area (Å²) in [7, 11) is 0. The zero-order valence-electron chi connectivity index (χ0n) is 9.12. The van der Waals surface area contributed by atoms with E-state index in [2.05, 4.69) is 56.0 Å². The molecule has 0 nitrogen and oxygen atoms in total. The van der Waals surface area contributed by atoms with Crippen LogP contribution in [0, 0.1) is 0 Å². The van der Waals surface area contributed by atoms with Crippen molar-refractivity contribution in [3.05, 3.63) is 64.9 Å². The fraction of sp³-hybridized carbons (Fsp3) is 0.133. The summed E-state index contributed by atoms with van der Waals surface area (Å²) in [5, 5.41) is 0. The highest BCUT2D eigenvalue weighted by Crippen LogP contribution is 2.22. The van der Waals surface area contributed by atoms with Gasteiger partial charge in [-0.2, -0.15) is 0 Å². The third-order valence-corrected chi connectivity index (χ3v) is 2.51. The van der Waals surface area contributed by atoms with Crippen molar-refractivity contribution in [1.82, 2.24) is 0 Å². The van der Waals surface area contributed by atoms with Crippen LogP contribution >= 0.6 is 0 Å². The molecular weight excluding hydrogens is 180 g/mol. The number of benzene rings is 1. The molecule has 1 aromatic rings. The van der Waals surface area contributed by atoms with E-state index in [9.17, 15) is 0 Å². The van der Waals surface area contributed by atoms with Crippen molar-refractivity contribution in [2.75, 3.05) is 0 Å². The minimum Gasteiger partial charge on any atom is -0.120 e. The Labute approximate surface area is 91.0 Å². The first-order chi connectivity index (χ1) is 7.27. The van der Waals surface area contributed by atoms with E-state index in [1.807, 2.05) is 12.2 Å². The summed E-state index contributed by atoms with van der Waals surface area (Å²) in [6, 6.07) is 8.40. The average molecular weight is 194 g/mol. The predicted octanol–water partition coefficient (Wildman–Crippen LogP) is 4.22. The average Bonchev–Trinajstić information content (AvgIpc) is 2.30. The van der Waals surface area contributed by atoms with Gasteiger partial charge in [-0.25, -0.2) is 0 Å². The van der Waals surface area contributed by atoms with Crippen LogP contribution in [0.4, 0.5) is 0 Å². The molecule has 0 aliphatic heterocycles. The summed E-state index contributed by atoms with van der Waals surface area (Å²) in [6.45, 7) is 4.25. The van der Waals surface area contributed by atoms with Gasteiger partial charge in [0.2, 0.25) is 0 Å². The third kappa shape index (κ3) is 2.18. The number of rotatable bonds is 0. The van der Waals surface area contributed by atoms with Gasteiger partial charge in [0, 0.05) is 0 Å². The molecule has 0 amide bonds. The number of hydrogen-bond acceptors (Lipinski definition) is 0. The molecule has 2 rings (SSSR count). The van der Waals surface area contributed by atoms with Crippen LogP contribution < -0.4 is 0 Å². The van der Waals surface area contributed by atoms with Gasteiger partial charge >= 0.3 is 0 Å². The SMILES string of the molecule is CC1=C/C=C=Cc2ccccc2\C(C)=C\1. The van der Waals surface area contributed by atoms with Crippen LogP contribution in [-0.4, -0.2) is 0 Å². The summed E-state index contributed by atoms with van der Waals surface area (Å²) in [6.07, 6.45) is 8.27. The fourth-order valence-electron chi connectivity index (χ4n) is 1.77. The minimum atomic E-state index is 1.23. The second-order valence-electron chi connectivity index (χ2n) is 3.80. The Morgan fingerprint density at radius 1 is 1.07 bits per heavy atom. The normalized spacial score (nSPS) is 21.5. The molecule has 1 aromatic carbocycles. The van der Waals surface area contributed by atoms with Crippen molar-refractivity contribution < 1.29 is 0 Å². The van der Waals surface area contributed by atoms with Crippen molar-refractivity contribution in [3.63, 3.8) is 0 Å². The van der Waals surface area contributed by atoms with Crippen LogP contribution in [0.3, 0.4) is 0 Å². The van der Waals surface area contributed by atoms with E-state index in [0.29, 0.717) is 0 Å². The highest BCUT2D eigenvalue weighted by Gasteiger charge is 2.01. The Morgan fingerprint density at radius 3 is 2.73 bits per heavy atom. The van der Waals surface area contributed by atoms with Crippen molar-refractivity contribution in [2.24, 2.45) is 0 Å². The molecular formula is C15H14. The van der Waals surface area contributed by atoms with Crippen LogP contribution in [0.1, 0.15) is 25.0 Å². The molecule has 0 radical (unpaired) electrons. The topological polar surface area (TPSA) is 0 Å². The molecule has 0 unspecified atom stereocenters. The summed E-state index contributed by atoms with van der Waals surface area (Å²) < 4.78 is 0. The van der Waals surface area contributed by atoms with E-state index in [1.165, 1.54) is 22.3 Å². The Kier molecular flexibility index (Phi) is 2.71. The molecule has 0 spiro atoms. The predicted molar refractivity (Wildman–Crippen MR) is 66.4 cm³/mol. The number of fused-ring (bicyclic) bond motifs is 1. The molecule has 0 saturated carbocycles. The highest BCUT2D eigenvalue weighted by molar-refractivity contribution is 5.75. The smallest absolute Gasteiger partial charge is 0.0104 e. The van der Waals surface area contributed by atoms with Crippen LogP contribution in [0.2, 0.25) is 0 Å². The van der Waals surface area contributed by atoms with E-state index < -0.39 is 0 Å². The molecule has 0 N–H and O–H groups in total. The number of allylic oxidation sites excluding steroid dienone is 5. The molecule has 74 valence electrons. The Bertz CT molecular complexity index is 493. The lowest BCUT2D eigenvalue weighted by Gasteiger charge is -2.05. The molecule has 1 aliphatic carbocycles. The Morgan fingerprint density at radius 2 is 1.87 bits per heavy atom. The molecule has 0 saturated heterocycles. The first kappa shape index (κ1) is 9.76. The van der Waals surface area contributed by atoms with Gasteiger partial charge in [0.1, 0.15) is 0 Å². The van der Waals surface area contributed by atoms with Crippen LogP contribution in [-0.2, 0) is 0 Å². The highest BCUT2D eigenvalue weighted by atomic mass is 14.1. The maximum atomic E-state index is 3.17. The molecule has 0 heteroatoms. The van der Waals surface area contributed by atoms with Gasteiger partial charge in [-0.3, -0.25) is 0 Å². The summed E-state index contributed by atoms with van der Waals surface area (Å²) in [5.74, 6) is 0. The van der Waals surface area contributed by atoms with Gasteiger partial charge in [-0.1, -0.05) is 42.0 Å². The summed E-state index contributed by atoms with van der Waals surface area (Å²) in [4.78, 5) is 0. The van der Waals surface area contributed by atoms with Crippen molar-refractivity contribution in [3.8, 4) is 0 Å². The zero-order valence-corrected chi connectivity index (χ0v) is 9.12. The largest absolute Gasteiger partial charge is 0.120 e.